The topological polar surface area (TPSA) is 110 Å². The predicted octanol–water partition coefficient (Wildman–Crippen LogP) is 3.91. The van der Waals surface area contributed by atoms with E-state index < -0.39 is 0 Å². The molecule has 0 aliphatic rings. The van der Waals surface area contributed by atoms with Gasteiger partial charge in [0.15, 0.2) is 0 Å². The first kappa shape index (κ1) is 43.5. The molecular weight excluding hydrogens is 451 g/mol. The maximum absolute atomic E-state index is 8.24. The SMILES string of the molecule is CCCCO.CCCCO.CCCCO.CCCCO.CCCCOCCO.[Zr]. The van der Waals surface area contributed by atoms with E-state index in [9.17, 15) is 0 Å². The maximum Gasteiger partial charge on any atom is 0.0697 e. The second kappa shape index (κ2) is 63.0. The van der Waals surface area contributed by atoms with Gasteiger partial charge in [-0.05, 0) is 32.1 Å². The van der Waals surface area contributed by atoms with E-state index in [4.69, 9.17) is 30.3 Å². The first-order chi connectivity index (χ1) is 13.6. The Labute approximate surface area is 201 Å². The molecule has 7 heteroatoms. The van der Waals surface area contributed by atoms with Gasteiger partial charge in [0, 0.05) is 59.2 Å². The summed E-state index contributed by atoms with van der Waals surface area (Å²) in [5.41, 5.74) is 0. The fourth-order valence-corrected chi connectivity index (χ4v) is 1.05. The molecule has 0 aromatic carbocycles. The minimum Gasteiger partial charge on any atom is -0.396 e. The third kappa shape index (κ3) is 109. The molecule has 0 bridgehead atoms. The zero-order valence-corrected chi connectivity index (χ0v) is 22.6. The van der Waals surface area contributed by atoms with E-state index in [1.54, 1.807) is 0 Å². The van der Waals surface area contributed by atoms with Gasteiger partial charge in [-0.2, -0.15) is 0 Å². The Morgan fingerprint density at radius 3 is 0.828 bits per heavy atom. The number of rotatable bonds is 13. The average molecular weight is 506 g/mol. The second-order valence-corrected chi connectivity index (χ2v) is 6.00. The average Bonchev–Trinajstić information content (AvgIpc) is 2.70. The van der Waals surface area contributed by atoms with Crippen molar-refractivity contribution in [3.05, 3.63) is 0 Å². The molecule has 6 nitrogen and oxygen atoms in total. The van der Waals surface area contributed by atoms with Crippen molar-refractivity contribution >= 4 is 0 Å². The van der Waals surface area contributed by atoms with Crippen LogP contribution in [0, 0.1) is 0 Å². The molecule has 0 aromatic heterocycles. The molecule has 0 unspecified atom stereocenters. The molecule has 0 spiro atoms. The smallest absolute Gasteiger partial charge is 0.0697 e. The molecular formula is C22H54O6Zr. The van der Waals surface area contributed by atoms with Gasteiger partial charge in [-0.3, -0.25) is 0 Å². The van der Waals surface area contributed by atoms with Crippen LogP contribution in [0.5, 0.6) is 0 Å². The summed E-state index contributed by atoms with van der Waals surface area (Å²) in [5.74, 6) is 0. The Morgan fingerprint density at radius 1 is 0.414 bits per heavy atom. The summed E-state index contributed by atoms with van der Waals surface area (Å²) in [6.07, 6.45) is 10.4. The van der Waals surface area contributed by atoms with Crippen LogP contribution in [0.15, 0.2) is 0 Å². The standard InChI is InChI=1S/C6H14O2.4C4H10O.Zr/c1-2-3-5-8-6-4-7;4*1-2-3-4-5;/h7H,2-6H2,1H3;4*5H,2-4H2,1H3;. The number of ether oxygens (including phenoxy) is 1. The van der Waals surface area contributed by atoms with Gasteiger partial charge in [0.05, 0.1) is 13.2 Å². The van der Waals surface area contributed by atoms with Gasteiger partial charge < -0.3 is 30.3 Å². The summed E-state index contributed by atoms with van der Waals surface area (Å²) in [4.78, 5) is 0. The number of hydrogen-bond donors (Lipinski definition) is 5. The molecule has 5 N–H and O–H groups in total. The van der Waals surface area contributed by atoms with Crippen LogP contribution in [0.2, 0.25) is 0 Å². The predicted molar refractivity (Wildman–Crippen MR) is 121 cm³/mol. The van der Waals surface area contributed by atoms with E-state index in [-0.39, 0.29) is 32.8 Å². The van der Waals surface area contributed by atoms with Crippen LogP contribution < -0.4 is 0 Å². The summed E-state index contributed by atoms with van der Waals surface area (Å²) < 4.78 is 4.97. The van der Waals surface area contributed by atoms with Crippen molar-refractivity contribution in [2.45, 2.75) is 98.8 Å². The molecule has 0 fully saturated rings. The third-order valence-electron chi connectivity index (χ3n) is 2.92. The van der Waals surface area contributed by atoms with Crippen molar-refractivity contribution in [3.63, 3.8) is 0 Å². The Kier molecular flexibility index (Phi) is 94.5. The Morgan fingerprint density at radius 2 is 0.690 bits per heavy atom. The molecule has 0 aromatic rings. The van der Waals surface area contributed by atoms with Gasteiger partial charge >= 0.3 is 0 Å². The zero-order valence-electron chi connectivity index (χ0n) is 20.2. The largest absolute Gasteiger partial charge is 0.396 e. The molecule has 182 valence electrons. The molecule has 0 heterocycles. The quantitative estimate of drug-likeness (QED) is 0.243. The first-order valence-corrected chi connectivity index (χ1v) is 11.2. The van der Waals surface area contributed by atoms with Crippen molar-refractivity contribution in [2.24, 2.45) is 0 Å². The maximum atomic E-state index is 8.24. The monoisotopic (exact) mass is 504 g/mol. The number of aliphatic hydroxyl groups excluding tert-OH is 5. The zero-order chi connectivity index (χ0) is 22.7. The number of aliphatic hydroxyl groups is 5. The molecule has 0 atom stereocenters. The molecule has 0 aliphatic carbocycles. The Bertz CT molecular complexity index is 139. The van der Waals surface area contributed by atoms with E-state index in [1.165, 1.54) is 0 Å². The van der Waals surface area contributed by atoms with Crippen LogP contribution in [-0.2, 0) is 30.9 Å². The molecule has 0 saturated heterocycles. The van der Waals surface area contributed by atoms with Crippen molar-refractivity contribution in [2.75, 3.05) is 46.2 Å². The van der Waals surface area contributed by atoms with Crippen LogP contribution >= 0.6 is 0 Å². The van der Waals surface area contributed by atoms with Gasteiger partial charge in [0.25, 0.3) is 0 Å². The molecule has 0 rings (SSSR count). The van der Waals surface area contributed by atoms with E-state index >= 15 is 0 Å². The molecule has 29 heavy (non-hydrogen) atoms. The van der Waals surface area contributed by atoms with Crippen molar-refractivity contribution in [3.8, 4) is 0 Å². The fourth-order valence-electron chi connectivity index (χ4n) is 1.05. The number of hydrogen-bond acceptors (Lipinski definition) is 6. The summed E-state index contributed by atoms with van der Waals surface area (Å²) in [5, 5.41) is 40.5. The summed E-state index contributed by atoms with van der Waals surface area (Å²) in [7, 11) is 0. The van der Waals surface area contributed by atoms with Crippen molar-refractivity contribution in [1.29, 1.82) is 0 Å². The fraction of sp³-hybridized carbons (Fsp3) is 1.00. The third-order valence-corrected chi connectivity index (χ3v) is 2.92. The van der Waals surface area contributed by atoms with E-state index in [0.29, 0.717) is 33.0 Å². The molecule has 0 saturated carbocycles. The minimum atomic E-state index is 0. The van der Waals surface area contributed by atoms with Crippen molar-refractivity contribution in [1.82, 2.24) is 0 Å². The first-order valence-electron chi connectivity index (χ1n) is 11.2. The summed E-state index contributed by atoms with van der Waals surface area (Å²) in [6.45, 7) is 13.1. The summed E-state index contributed by atoms with van der Waals surface area (Å²) in [6, 6.07) is 0. The minimum absolute atomic E-state index is 0. The molecule has 0 aliphatic heterocycles. The van der Waals surface area contributed by atoms with E-state index in [2.05, 4.69) is 34.6 Å². The van der Waals surface area contributed by atoms with Crippen LogP contribution in [0.4, 0.5) is 0 Å². The van der Waals surface area contributed by atoms with Gasteiger partial charge in [-0.1, -0.05) is 66.7 Å². The summed E-state index contributed by atoms with van der Waals surface area (Å²) >= 11 is 0. The number of unbranched alkanes of at least 4 members (excludes halogenated alkanes) is 5. The van der Waals surface area contributed by atoms with Gasteiger partial charge in [0.2, 0.25) is 0 Å². The molecule has 0 radical (unpaired) electrons. The van der Waals surface area contributed by atoms with E-state index in [1.807, 2.05) is 0 Å². The van der Waals surface area contributed by atoms with E-state index in [0.717, 1.165) is 70.8 Å². The Hall–Kier alpha value is 0.643. The van der Waals surface area contributed by atoms with Crippen LogP contribution in [0.3, 0.4) is 0 Å². The van der Waals surface area contributed by atoms with Crippen molar-refractivity contribution < 1.29 is 56.5 Å². The van der Waals surface area contributed by atoms with Gasteiger partial charge in [-0.15, -0.1) is 0 Å². The van der Waals surface area contributed by atoms with Crippen LogP contribution in [-0.4, -0.2) is 71.8 Å². The van der Waals surface area contributed by atoms with Gasteiger partial charge in [-0.25, -0.2) is 0 Å². The van der Waals surface area contributed by atoms with Crippen LogP contribution in [0.1, 0.15) is 98.8 Å². The van der Waals surface area contributed by atoms with Gasteiger partial charge in [0.1, 0.15) is 0 Å². The second-order valence-electron chi connectivity index (χ2n) is 6.00. The van der Waals surface area contributed by atoms with Crippen LogP contribution in [0.25, 0.3) is 0 Å². The molecule has 0 amide bonds. The normalized spacial score (nSPS) is 8.48. The Balaban J connectivity index is -0.0000000575.